The number of methoxy groups -OCH3 is 1. The number of nitrogens with zero attached hydrogens (tertiary/aromatic N) is 2. The van der Waals surface area contributed by atoms with Gasteiger partial charge in [-0.15, -0.1) is 0 Å². The fourth-order valence-corrected chi connectivity index (χ4v) is 3.25. The van der Waals surface area contributed by atoms with Gasteiger partial charge in [0.25, 0.3) is 0 Å². The topological polar surface area (TPSA) is 84.6 Å². The molecule has 3 rings (SSSR count). The second-order valence-corrected chi connectivity index (χ2v) is 6.51. The van der Waals surface area contributed by atoms with Crippen LogP contribution in [0.2, 0.25) is 5.02 Å². The number of aromatic nitrogens is 2. The lowest BCUT2D eigenvalue weighted by molar-refractivity contribution is 0.0596. The summed E-state index contributed by atoms with van der Waals surface area (Å²) in [5.74, 6) is -1.19. The third-order valence-electron chi connectivity index (χ3n) is 4.41. The van der Waals surface area contributed by atoms with E-state index in [2.05, 4.69) is 4.98 Å². The predicted molar refractivity (Wildman–Crippen MR) is 101 cm³/mol. The van der Waals surface area contributed by atoms with Crippen LogP contribution in [0.4, 0.5) is 4.39 Å². The van der Waals surface area contributed by atoms with Crippen molar-refractivity contribution in [3.8, 4) is 11.5 Å². The fraction of sp³-hybridized carbons (Fsp3) is 0.200. The number of imidazole rings is 1. The molecule has 0 saturated carbocycles. The molecule has 6 nitrogen and oxygen atoms in total. The molecule has 2 aromatic carbocycles. The first-order valence-corrected chi connectivity index (χ1v) is 8.85. The number of halogens is 2. The van der Waals surface area contributed by atoms with Gasteiger partial charge < -0.3 is 19.5 Å². The molecule has 1 aromatic heterocycles. The number of benzene rings is 2. The summed E-state index contributed by atoms with van der Waals surface area (Å²) in [4.78, 5) is 16.3. The van der Waals surface area contributed by atoms with Crippen molar-refractivity contribution in [2.45, 2.75) is 19.4 Å². The van der Waals surface area contributed by atoms with Crippen LogP contribution in [0, 0.1) is 5.82 Å². The highest BCUT2D eigenvalue weighted by atomic mass is 35.5. The SMILES string of the molecule is COC(=O)c1c(O)cc(O)c(Cl)c1CCc1nccn1Cc1ccccc1F. The van der Waals surface area contributed by atoms with Crippen molar-refractivity contribution in [1.82, 2.24) is 9.55 Å². The van der Waals surface area contributed by atoms with Gasteiger partial charge in [0.2, 0.25) is 0 Å². The first-order chi connectivity index (χ1) is 13.4. The fourth-order valence-electron chi connectivity index (χ4n) is 3.01. The van der Waals surface area contributed by atoms with Gasteiger partial charge in [-0.3, -0.25) is 0 Å². The van der Waals surface area contributed by atoms with Crippen molar-refractivity contribution in [2.24, 2.45) is 0 Å². The molecule has 0 amide bonds. The number of hydrogen-bond acceptors (Lipinski definition) is 5. The lowest BCUT2D eigenvalue weighted by atomic mass is 10.0. The average Bonchev–Trinajstić information content (AvgIpc) is 3.11. The van der Waals surface area contributed by atoms with Gasteiger partial charge in [-0.25, -0.2) is 14.2 Å². The summed E-state index contributed by atoms with van der Waals surface area (Å²) in [6.07, 6.45) is 3.87. The molecule has 146 valence electrons. The van der Waals surface area contributed by atoms with E-state index in [1.165, 1.54) is 13.2 Å². The molecule has 0 spiro atoms. The molecule has 0 radical (unpaired) electrons. The zero-order valence-electron chi connectivity index (χ0n) is 15.0. The van der Waals surface area contributed by atoms with Crippen molar-refractivity contribution in [3.63, 3.8) is 0 Å². The predicted octanol–water partition coefficient (Wildman–Crippen LogP) is 3.71. The second kappa shape index (κ2) is 8.31. The minimum Gasteiger partial charge on any atom is -0.507 e. The summed E-state index contributed by atoms with van der Waals surface area (Å²) >= 11 is 6.16. The molecule has 0 unspecified atom stereocenters. The normalized spacial score (nSPS) is 10.8. The molecule has 8 heteroatoms. The number of phenolic OH excluding ortho intramolecular Hbond substituents is 2. The minimum absolute atomic E-state index is 0.0367. The highest BCUT2D eigenvalue weighted by Crippen LogP contribution is 2.37. The van der Waals surface area contributed by atoms with E-state index < -0.39 is 11.7 Å². The molecule has 0 aliphatic rings. The van der Waals surface area contributed by atoms with E-state index in [4.69, 9.17) is 16.3 Å². The Bertz CT molecular complexity index is 1020. The Labute approximate surface area is 165 Å². The molecule has 0 bridgehead atoms. The lowest BCUT2D eigenvalue weighted by Gasteiger charge is -2.14. The van der Waals surface area contributed by atoms with Crippen LogP contribution >= 0.6 is 11.6 Å². The molecule has 0 atom stereocenters. The number of rotatable bonds is 6. The molecular weight excluding hydrogens is 387 g/mol. The maximum absolute atomic E-state index is 13.9. The smallest absolute Gasteiger partial charge is 0.341 e. The van der Waals surface area contributed by atoms with Crippen LogP contribution in [0.1, 0.15) is 27.3 Å². The number of ether oxygens (including phenoxy) is 1. The molecule has 0 aliphatic heterocycles. The molecule has 0 saturated heterocycles. The van der Waals surface area contributed by atoms with Crippen LogP contribution in [-0.2, 0) is 24.1 Å². The third-order valence-corrected chi connectivity index (χ3v) is 4.83. The average molecular weight is 405 g/mol. The van der Waals surface area contributed by atoms with Crippen molar-refractivity contribution < 1.29 is 24.1 Å². The Morgan fingerprint density at radius 2 is 2.00 bits per heavy atom. The summed E-state index contributed by atoms with van der Waals surface area (Å²) in [5, 5.41) is 19.9. The monoisotopic (exact) mass is 404 g/mol. The van der Waals surface area contributed by atoms with E-state index in [0.29, 0.717) is 24.4 Å². The highest BCUT2D eigenvalue weighted by Gasteiger charge is 2.23. The molecule has 3 aromatic rings. The first kappa shape index (κ1) is 19.7. The van der Waals surface area contributed by atoms with E-state index in [-0.39, 0.29) is 34.1 Å². The number of phenols is 2. The van der Waals surface area contributed by atoms with Crippen LogP contribution in [0.15, 0.2) is 42.7 Å². The van der Waals surface area contributed by atoms with Crippen molar-refractivity contribution in [3.05, 3.63) is 76.1 Å². The second-order valence-electron chi connectivity index (χ2n) is 6.14. The standard InChI is InChI=1S/C20H18ClFN2O4/c1-28-20(27)18-13(19(21)16(26)10-15(18)25)6-7-17-23-8-9-24(17)11-12-4-2-3-5-14(12)22/h2-5,8-10,25-26H,6-7,11H2,1H3. The van der Waals surface area contributed by atoms with Crippen LogP contribution < -0.4 is 0 Å². The Morgan fingerprint density at radius 3 is 2.71 bits per heavy atom. The Balaban J connectivity index is 1.87. The third kappa shape index (κ3) is 3.94. The highest BCUT2D eigenvalue weighted by molar-refractivity contribution is 6.33. The minimum atomic E-state index is -0.760. The summed E-state index contributed by atoms with van der Waals surface area (Å²) in [6.45, 7) is 0.297. The number of hydrogen-bond donors (Lipinski definition) is 2. The number of carbonyl (C=O) groups is 1. The molecule has 28 heavy (non-hydrogen) atoms. The van der Waals surface area contributed by atoms with Gasteiger partial charge in [0, 0.05) is 30.4 Å². The maximum atomic E-state index is 13.9. The van der Waals surface area contributed by atoms with Gasteiger partial charge in [-0.2, -0.15) is 0 Å². The first-order valence-electron chi connectivity index (χ1n) is 8.47. The van der Waals surface area contributed by atoms with E-state index in [1.807, 2.05) is 0 Å². The van der Waals surface area contributed by atoms with Gasteiger partial charge >= 0.3 is 5.97 Å². The van der Waals surface area contributed by atoms with E-state index in [1.54, 1.807) is 35.2 Å². The van der Waals surface area contributed by atoms with Gasteiger partial charge in [-0.05, 0) is 18.1 Å². The molecule has 0 fully saturated rings. The van der Waals surface area contributed by atoms with Crippen LogP contribution in [0.3, 0.4) is 0 Å². The molecular formula is C20H18ClFN2O4. The number of carbonyl (C=O) groups excluding carboxylic acids is 1. The van der Waals surface area contributed by atoms with Crippen molar-refractivity contribution in [2.75, 3.05) is 7.11 Å². The Morgan fingerprint density at radius 1 is 1.25 bits per heavy atom. The Hall–Kier alpha value is -3.06. The van der Waals surface area contributed by atoms with Gasteiger partial charge in [0.1, 0.15) is 28.7 Å². The lowest BCUT2D eigenvalue weighted by Crippen LogP contribution is -2.11. The van der Waals surface area contributed by atoms with Gasteiger partial charge in [-0.1, -0.05) is 29.8 Å². The largest absolute Gasteiger partial charge is 0.507 e. The number of esters is 1. The summed E-state index contributed by atoms with van der Waals surface area (Å²) in [7, 11) is 1.19. The quantitative estimate of drug-likeness (QED) is 0.612. The summed E-state index contributed by atoms with van der Waals surface area (Å²) in [5.41, 5.74) is 0.675. The molecule has 2 N–H and O–H groups in total. The van der Waals surface area contributed by atoms with Crippen molar-refractivity contribution in [1.29, 1.82) is 0 Å². The van der Waals surface area contributed by atoms with Crippen LogP contribution in [0.25, 0.3) is 0 Å². The van der Waals surface area contributed by atoms with Crippen molar-refractivity contribution >= 4 is 17.6 Å². The molecule has 0 aliphatic carbocycles. The zero-order chi connectivity index (χ0) is 20.3. The van der Waals surface area contributed by atoms with E-state index in [0.717, 1.165) is 6.07 Å². The van der Waals surface area contributed by atoms with Gasteiger partial charge in [0.15, 0.2) is 0 Å². The Kier molecular flexibility index (Phi) is 5.84. The van der Waals surface area contributed by atoms with Crippen LogP contribution in [-0.4, -0.2) is 32.8 Å². The van der Waals surface area contributed by atoms with Crippen LogP contribution in [0.5, 0.6) is 11.5 Å². The number of aromatic hydroxyl groups is 2. The van der Waals surface area contributed by atoms with E-state index >= 15 is 0 Å². The zero-order valence-corrected chi connectivity index (χ0v) is 15.8. The summed E-state index contributed by atoms with van der Waals surface area (Å²) < 4.78 is 20.4. The number of aryl methyl sites for hydroxylation is 1. The van der Waals surface area contributed by atoms with Gasteiger partial charge in [0.05, 0.1) is 18.7 Å². The molecule has 1 heterocycles. The summed E-state index contributed by atoms with van der Waals surface area (Å²) in [6, 6.07) is 7.46. The van der Waals surface area contributed by atoms with E-state index in [9.17, 15) is 19.4 Å². The maximum Gasteiger partial charge on any atom is 0.341 e.